The van der Waals surface area contributed by atoms with Gasteiger partial charge in [0, 0.05) is 18.0 Å². The summed E-state index contributed by atoms with van der Waals surface area (Å²) in [5, 5.41) is 0. The first-order valence-electron chi connectivity index (χ1n) is 3.22. The predicted molar refractivity (Wildman–Crippen MR) is 40.2 cm³/mol. The summed E-state index contributed by atoms with van der Waals surface area (Å²) in [5.41, 5.74) is 5.03. The van der Waals surface area contributed by atoms with Crippen molar-refractivity contribution in [3.05, 3.63) is 17.8 Å². The van der Waals surface area contributed by atoms with E-state index in [1.807, 2.05) is 0 Å². The fourth-order valence-electron chi connectivity index (χ4n) is 0.755. The average molecular weight is 174 g/mol. The van der Waals surface area contributed by atoms with E-state index in [1.165, 1.54) is 13.2 Å². The van der Waals surface area contributed by atoms with Crippen LogP contribution in [0.2, 0.25) is 0 Å². The minimum Gasteiger partial charge on any atom is -0.481 e. The summed E-state index contributed by atoms with van der Waals surface area (Å²) in [6, 6.07) is 1.27. The highest BCUT2D eigenvalue weighted by Gasteiger charge is 2.11. The Morgan fingerprint density at radius 1 is 1.58 bits per heavy atom. The summed E-state index contributed by atoms with van der Waals surface area (Å²) < 4.78 is 28.9. The van der Waals surface area contributed by atoms with Gasteiger partial charge in [-0.05, 0) is 0 Å². The van der Waals surface area contributed by atoms with Crippen LogP contribution < -0.4 is 10.5 Å². The second-order valence-corrected chi connectivity index (χ2v) is 2.16. The van der Waals surface area contributed by atoms with Gasteiger partial charge in [0.25, 0.3) is 6.43 Å². The number of hydrogen-bond donors (Lipinski definition) is 1. The van der Waals surface area contributed by atoms with Gasteiger partial charge in [0.15, 0.2) is 0 Å². The molecule has 0 bridgehead atoms. The van der Waals surface area contributed by atoms with Crippen LogP contribution in [0.25, 0.3) is 0 Å². The zero-order valence-electron chi connectivity index (χ0n) is 6.42. The van der Waals surface area contributed by atoms with E-state index in [-0.39, 0.29) is 17.1 Å². The van der Waals surface area contributed by atoms with Crippen LogP contribution in [0.1, 0.15) is 12.0 Å². The van der Waals surface area contributed by atoms with Gasteiger partial charge in [0.05, 0.1) is 12.7 Å². The maximum absolute atomic E-state index is 12.1. The van der Waals surface area contributed by atoms with E-state index in [9.17, 15) is 8.78 Å². The number of hydrogen-bond acceptors (Lipinski definition) is 3. The van der Waals surface area contributed by atoms with Crippen LogP contribution in [0, 0.1) is 0 Å². The highest BCUT2D eigenvalue weighted by Crippen LogP contribution is 2.25. The topological polar surface area (TPSA) is 48.1 Å². The van der Waals surface area contributed by atoms with Gasteiger partial charge in [-0.1, -0.05) is 0 Å². The number of nitrogens with two attached hydrogens (primary N) is 1. The lowest BCUT2D eigenvalue weighted by molar-refractivity contribution is 0.151. The Bertz CT molecular complexity index is 278. The number of ether oxygens (including phenoxy) is 1. The summed E-state index contributed by atoms with van der Waals surface area (Å²) in [7, 11) is 1.39. The maximum Gasteiger partial charge on any atom is 0.267 e. The number of aromatic nitrogens is 1. The van der Waals surface area contributed by atoms with Crippen LogP contribution >= 0.6 is 0 Å². The van der Waals surface area contributed by atoms with Gasteiger partial charge in [-0.15, -0.1) is 0 Å². The van der Waals surface area contributed by atoms with Crippen LogP contribution in [-0.4, -0.2) is 12.1 Å². The first kappa shape index (κ1) is 8.70. The molecule has 0 aliphatic heterocycles. The van der Waals surface area contributed by atoms with Gasteiger partial charge in [0.1, 0.15) is 0 Å². The average Bonchev–Trinajstić information content (AvgIpc) is 2.03. The molecule has 0 spiro atoms. The van der Waals surface area contributed by atoms with Crippen LogP contribution in [-0.2, 0) is 0 Å². The monoisotopic (exact) mass is 174 g/mol. The summed E-state index contributed by atoms with van der Waals surface area (Å²) in [6.45, 7) is 0. The maximum atomic E-state index is 12.1. The van der Waals surface area contributed by atoms with Crippen molar-refractivity contribution in [2.45, 2.75) is 6.43 Å². The smallest absolute Gasteiger partial charge is 0.267 e. The van der Waals surface area contributed by atoms with Crippen LogP contribution in [0.3, 0.4) is 0 Å². The molecule has 2 N–H and O–H groups in total. The van der Waals surface area contributed by atoms with E-state index in [4.69, 9.17) is 10.5 Å². The number of alkyl halides is 2. The standard InChI is InChI=1S/C7H8F2N2O/c1-12-6-2-5(10)4(3-11-6)7(8)9/h2-3,7H,1H3,(H2,10,11). The molecule has 0 saturated carbocycles. The minimum absolute atomic E-state index is 0.00292. The van der Waals surface area contributed by atoms with Crippen molar-refractivity contribution in [2.24, 2.45) is 0 Å². The molecule has 0 aliphatic carbocycles. The van der Waals surface area contributed by atoms with E-state index < -0.39 is 6.43 Å². The number of rotatable bonds is 2. The molecule has 1 aromatic heterocycles. The molecule has 66 valence electrons. The second kappa shape index (κ2) is 3.34. The lowest BCUT2D eigenvalue weighted by Crippen LogP contribution is -1.97. The van der Waals surface area contributed by atoms with Crippen LogP contribution in [0.15, 0.2) is 12.3 Å². The molecule has 5 heteroatoms. The third kappa shape index (κ3) is 1.61. The zero-order valence-corrected chi connectivity index (χ0v) is 6.42. The van der Waals surface area contributed by atoms with Crippen LogP contribution in [0.4, 0.5) is 14.5 Å². The largest absolute Gasteiger partial charge is 0.481 e. The van der Waals surface area contributed by atoms with Crippen molar-refractivity contribution in [3.63, 3.8) is 0 Å². The Morgan fingerprint density at radius 3 is 2.67 bits per heavy atom. The number of nitrogen functional groups attached to an aromatic ring is 1. The van der Waals surface area contributed by atoms with E-state index in [1.54, 1.807) is 0 Å². The second-order valence-electron chi connectivity index (χ2n) is 2.16. The van der Waals surface area contributed by atoms with E-state index in [2.05, 4.69) is 4.98 Å². The van der Waals surface area contributed by atoms with Gasteiger partial charge in [-0.25, -0.2) is 13.8 Å². The third-order valence-electron chi connectivity index (χ3n) is 1.39. The van der Waals surface area contributed by atoms with Crippen LogP contribution in [0.5, 0.6) is 5.88 Å². The molecule has 0 aromatic carbocycles. The first-order valence-corrected chi connectivity index (χ1v) is 3.22. The number of nitrogens with zero attached hydrogens (tertiary/aromatic N) is 1. The molecule has 1 heterocycles. The molecule has 0 radical (unpaired) electrons. The van der Waals surface area contributed by atoms with E-state index >= 15 is 0 Å². The van der Waals surface area contributed by atoms with E-state index in [0.717, 1.165) is 6.20 Å². The molecule has 0 fully saturated rings. The Balaban J connectivity index is 3.03. The molecule has 0 saturated heterocycles. The Kier molecular flexibility index (Phi) is 2.42. The van der Waals surface area contributed by atoms with Gasteiger partial charge in [-0.2, -0.15) is 0 Å². The first-order chi connectivity index (χ1) is 5.65. The lowest BCUT2D eigenvalue weighted by Gasteiger charge is -2.04. The van der Waals surface area contributed by atoms with Crippen molar-refractivity contribution in [2.75, 3.05) is 12.8 Å². The Labute approximate surface area is 68.2 Å². The Hall–Kier alpha value is -1.39. The number of methoxy groups -OCH3 is 1. The molecule has 3 nitrogen and oxygen atoms in total. The van der Waals surface area contributed by atoms with Crippen molar-refractivity contribution in [3.8, 4) is 5.88 Å². The lowest BCUT2D eigenvalue weighted by atomic mass is 10.2. The predicted octanol–water partition coefficient (Wildman–Crippen LogP) is 1.61. The molecule has 0 aliphatic rings. The van der Waals surface area contributed by atoms with Gasteiger partial charge >= 0.3 is 0 Å². The number of pyridine rings is 1. The highest BCUT2D eigenvalue weighted by molar-refractivity contribution is 5.48. The third-order valence-corrected chi connectivity index (χ3v) is 1.39. The van der Waals surface area contributed by atoms with Gasteiger partial charge in [-0.3, -0.25) is 0 Å². The SMILES string of the molecule is COc1cc(N)c(C(F)F)cn1. The summed E-state index contributed by atoms with van der Waals surface area (Å²) in [5.74, 6) is 0.233. The number of halogens is 2. The fourth-order valence-corrected chi connectivity index (χ4v) is 0.755. The van der Waals surface area contributed by atoms with Crippen molar-refractivity contribution >= 4 is 5.69 Å². The molecule has 0 amide bonds. The quantitative estimate of drug-likeness (QED) is 0.740. The molecule has 0 unspecified atom stereocenters. The van der Waals surface area contributed by atoms with Crippen molar-refractivity contribution in [1.82, 2.24) is 4.98 Å². The summed E-state index contributed by atoms with van der Waals surface area (Å²) in [4.78, 5) is 3.60. The molecule has 1 rings (SSSR count). The van der Waals surface area contributed by atoms with Gasteiger partial charge < -0.3 is 10.5 Å². The molecule has 12 heavy (non-hydrogen) atoms. The van der Waals surface area contributed by atoms with Gasteiger partial charge in [0.2, 0.25) is 5.88 Å². The Morgan fingerprint density at radius 2 is 2.25 bits per heavy atom. The molecule has 0 atom stereocenters. The van der Waals surface area contributed by atoms with Crippen molar-refractivity contribution < 1.29 is 13.5 Å². The highest BCUT2D eigenvalue weighted by atomic mass is 19.3. The minimum atomic E-state index is -2.59. The fraction of sp³-hybridized carbons (Fsp3) is 0.286. The number of anilines is 1. The normalized spacial score (nSPS) is 10.3. The molecular weight excluding hydrogens is 166 g/mol. The van der Waals surface area contributed by atoms with E-state index in [0.29, 0.717) is 0 Å². The zero-order chi connectivity index (χ0) is 9.14. The van der Waals surface area contributed by atoms with Crippen molar-refractivity contribution in [1.29, 1.82) is 0 Å². The summed E-state index contributed by atoms with van der Waals surface area (Å²) in [6.07, 6.45) is -1.58. The molecular formula is C7H8F2N2O. The summed E-state index contributed by atoms with van der Waals surface area (Å²) >= 11 is 0. The molecule has 1 aromatic rings.